The molecule has 0 atom stereocenters. The van der Waals surface area contributed by atoms with Crippen LogP contribution in [-0.2, 0) is 4.57 Å². The van der Waals surface area contributed by atoms with Crippen LogP contribution < -0.4 is 20.1 Å². The van der Waals surface area contributed by atoms with Gasteiger partial charge in [-0.15, -0.1) is 0 Å². The van der Waals surface area contributed by atoms with Crippen molar-refractivity contribution in [3.63, 3.8) is 0 Å². The molecule has 0 saturated carbocycles. The molecule has 18 heavy (non-hydrogen) atoms. The first kappa shape index (κ1) is 12.7. The largest absolute Gasteiger partial charge is 0.497 e. The van der Waals surface area contributed by atoms with Crippen molar-refractivity contribution in [1.82, 2.24) is 0 Å². The standard InChI is InChI=1S/C14H15O3P/c1-16-11-3-7-13(8-4-11)18(15)14-9-5-12(17-2)6-10-14/h3-10,18H,1-2H3. The van der Waals surface area contributed by atoms with Crippen molar-refractivity contribution in [2.45, 2.75) is 0 Å². The van der Waals surface area contributed by atoms with Gasteiger partial charge in [0.1, 0.15) is 19.3 Å². The van der Waals surface area contributed by atoms with Crippen LogP contribution in [-0.4, -0.2) is 14.2 Å². The van der Waals surface area contributed by atoms with Gasteiger partial charge in [0.05, 0.1) is 14.2 Å². The Morgan fingerprint density at radius 3 is 1.33 bits per heavy atom. The number of ether oxygens (including phenoxy) is 2. The highest BCUT2D eigenvalue weighted by Gasteiger charge is 2.07. The average molecular weight is 262 g/mol. The molecule has 0 fully saturated rings. The fraction of sp³-hybridized carbons (Fsp3) is 0.143. The average Bonchev–Trinajstić information content (AvgIpc) is 2.47. The molecule has 0 amide bonds. The van der Waals surface area contributed by atoms with E-state index in [-0.39, 0.29) is 0 Å². The highest BCUT2D eigenvalue weighted by atomic mass is 31.1. The zero-order valence-corrected chi connectivity index (χ0v) is 11.3. The maximum absolute atomic E-state index is 12.3. The van der Waals surface area contributed by atoms with Gasteiger partial charge in [0.2, 0.25) is 0 Å². The summed E-state index contributed by atoms with van der Waals surface area (Å²) < 4.78 is 22.5. The maximum atomic E-state index is 12.3. The van der Waals surface area contributed by atoms with Crippen LogP contribution in [0.25, 0.3) is 0 Å². The van der Waals surface area contributed by atoms with Crippen LogP contribution >= 0.6 is 7.80 Å². The summed E-state index contributed by atoms with van der Waals surface area (Å²) in [6.07, 6.45) is 0. The van der Waals surface area contributed by atoms with E-state index in [1.807, 2.05) is 48.5 Å². The summed E-state index contributed by atoms with van der Waals surface area (Å²) in [6, 6.07) is 14.6. The summed E-state index contributed by atoms with van der Waals surface area (Å²) in [7, 11) is 1.27. The summed E-state index contributed by atoms with van der Waals surface area (Å²) in [4.78, 5) is 0. The van der Waals surface area contributed by atoms with E-state index in [4.69, 9.17) is 9.47 Å². The Morgan fingerprint density at radius 2 is 1.06 bits per heavy atom. The Kier molecular flexibility index (Phi) is 4.06. The smallest absolute Gasteiger partial charge is 0.131 e. The van der Waals surface area contributed by atoms with E-state index in [0.717, 1.165) is 22.1 Å². The Hall–Kier alpha value is -1.73. The number of hydrogen-bond acceptors (Lipinski definition) is 3. The molecule has 2 aromatic carbocycles. The predicted molar refractivity (Wildman–Crippen MR) is 74.3 cm³/mol. The molecule has 0 bridgehead atoms. The highest BCUT2D eigenvalue weighted by Crippen LogP contribution is 2.22. The molecule has 0 aliphatic rings. The quantitative estimate of drug-likeness (QED) is 0.792. The summed E-state index contributed by atoms with van der Waals surface area (Å²) >= 11 is 0. The predicted octanol–water partition coefficient (Wildman–Crippen LogP) is 2.21. The second-order valence-electron chi connectivity index (χ2n) is 3.79. The van der Waals surface area contributed by atoms with Gasteiger partial charge >= 0.3 is 0 Å². The molecule has 0 unspecified atom stereocenters. The lowest BCUT2D eigenvalue weighted by Crippen LogP contribution is -2.06. The first-order valence-corrected chi connectivity index (χ1v) is 6.98. The molecule has 0 spiro atoms. The van der Waals surface area contributed by atoms with E-state index in [9.17, 15) is 4.57 Å². The number of rotatable bonds is 4. The first-order chi connectivity index (χ1) is 8.74. The van der Waals surface area contributed by atoms with E-state index in [1.54, 1.807) is 14.2 Å². The van der Waals surface area contributed by atoms with Crippen LogP contribution in [0.3, 0.4) is 0 Å². The van der Waals surface area contributed by atoms with Gasteiger partial charge in [-0.05, 0) is 48.5 Å². The summed E-state index contributed by atoms with van der Waals surface area (Å²) in [5, 5.41) is 1.65. The third-order valence-electron chi connectivity index (χ3n) is 2.70. The fourth-order valence-corrected chi connectivity index (χ4v) is 2.92. The van der Waals surface area contributed by atoms with Crippen LogP contribution in [0, 0.1) is 0 Å². The van der Waals surface area contributed by atoms with Gasteiger partial charge in [-0.3, -0.25) is 0 Å². The number of benzene rings is 2. The Balaban J connectivity index is 2.23. The second-order valence-corrected chi connectivity index (χ2v) is 5.60. The lowest BCUT2D eigenvalue weighted by atomic mass is 10.3. The molecule has 0 radical (unpaired) electrons. The van der Waals surface area contributed by atoms with Crippen LogP contribution in [0.2, 0.25) is 0 Å². The van der Waals surface area contributed by atoms with Crippen molar-refractivity contribution >= 4 is 18.4 Å². The van der Waals surface area contributed by atoms with Crippen molar-refractivity contribution in [3.05, 3.63) is 48.5 Å². The molecule has 94 valence electrons. The van der Waals surface area contributed by atoms with Crippen molar-refractivity contribution < 1.29 is 14.0 Å². The van der Waals surface area contributed by atoms with E-state index >= 15 is 0 Å². The molecule has 0 aliphatic heterocycles. The van der Waals surface area contributed by atoms with Gasteiger partial charge < -0.3 is 14.0 Å². The maximum Gasteiger partial charge on any atom is 0.131 e. The zero-order chi connectivity index (χ0) is 13.0. The lowest BCUT2D eigenvalue weighted by molar-refractivity contribution is 0.415. The molecule has 0 N–H and O–H groups in total. The highest BCUT2D eigenvalue weighted by molar-refractivity contribution is 7.61. The number of hydrogen-bond donors (Lipinski definition) is 0. The molecule has 0 heterocycles. The van der Waals surface area contributed by atoms with Crippen LogP contribution in [0.4, 0.5) is 0 Å². The molecular weight excluding hydrogens is 247 g/mol. The lowest BCUT2D eigenvalue weighted by Gasteiger charge is -2.05. The van der Waals surface area contributed by atoms with Gasteiger partial charge in [-0.1, -0.05) is 0 Å². The summed E-state index contributed by atoms with van der Waals surface area (Å²) in [5.74, 6) is 1.53. The fourth-order valence-electron chi connectivity index (χ4n) is 1.65. The molecule has 3 nitrogen and oxygen atoms in total. The SMILES string of the molecule is COc1ccc([PH](=O)c2ccc(OC)cc2)cc1. The molecule has 2 aromatic rings. The molecule has 2 rings (SSSR count). The van der Waals surface area contributed by atoms with E-state index in [1.165, 1.54) is 0 Å². The minimum absolute atomic E-state index is 0.767. The van der Waals surface area contributed by atoms with Crippen molar-refractivity contribution in [3.8, 4) is 11.5 Å². The summed E-state index contributed by atoms with van der Waals surface area (Å²) in [6.45, 7) is 0. The monoisotopic (exact) mass is 262 g/mol. The van der Waals surface area contributed by atoms with Crippen molar-refractivity contribution in [2.75, 3.05) is 14.2 Å². The normalized spacial score (nSPS) is 10.4. The van der Waals surface area contributed by atoms with Gasteiger partial charge in [-0.25, -0.2) is 0 Å². The topological polar surface area (TPSA) is 35.5 Å². The minimum atomic E-state index is -1.95. The van der Waals surface area contributed by atoms with Crippen LogP contribution in [0.1, 0.15) is 0 Å². The third kappa shape index (κ3) is 2.74. The van der Waals surface area contributed by atoms with Crippen LogP contribution in [0.15, 0.2) is 48.5 Å². The van der Waals surface area contributed by atoms with Crippen molar-refractivity contribution in [2.24, 2.45) is 0 Å². The Labute approximate surface area is 107 Å². The van der Waals surface area contributed by atoms with Gasteiger partial charge in [0.25, 0.3) is 0 Å². The number of methoxy groups -OCH3 is 2. The minimum Gasteiger partial charge on any atom is -0.497 e. The van der Waals surface area contributed by atoms with E-state index < -0.39 is 7.80 Å². The Bertz CT molecular complexity index is 482. The molecule has 0 aliphatic carbocycles. The van der Waals surface area contributed by atoms with E-state index in [0.29, 0.717) is 0 Å². The third-order valence-corrected chi connectivity index (χ3v) is 4.42. The van der Waals surface area contributed by atoms with Gasteiger partial charge in [0, 0.05) is 10.6 Å². The van der Waals surface area contributed by atoms with Gasteiger partial charge in [0.15, 0.2) is 0 Å². The summed E-state index contributed by atoms with van der Waals surface area (Å²) in [5.41, 5.74) is 0. The molecule has 0 aromatic heterocycles. The second kappa shape index (κ2) is 5.74. The van der Waals surface area contributed by atoms with Crippen LogP contribution in [0.5, 0.6) is 11.5 Å². The van der Waals surface area contributed by atoms with E-state index in [2.05, 4.69) is 0 Å². The Morgan fingerprint density at radius 1 is 0.722 bits per heavy atom. The molecule has 4 heteroatoms. The first-order valence-electron chi connectivity index (χ1n) is 5.57. The van der Waals surface area contributed by atoms with Gasteiger partial charge in [-0.2, -0.15) is 0 Å². The molecular formula is C14H15O3P. The molecule has 0 saturated heterocycles. The van der Waals surface area contributed by atoms with Crippen molar-refractivity contribution in [1.29, 1.82) is 0 Å². The zero-order valence-electron chi connectivity index (χ0n) is 10.3.